The van der Waals surface area contributed by atoms with Crippen LogP contribution in [0, 0.1) is 0 Å². The molecule has 0 atom stereocenters. The van der Waals surface area contributed by atoms with E-state index in [2.05, 4.69) is 0 Å². The Hall–Kier alpha value is -1.74. The molecule has 1 heterocycles. The molecule has 0 bridgehead atoms. The Labute approximate surface area is 165 Å². The fourth-order valence-corrected chi connectivity index (χ4v) is 6.56. The third kappa shape index (κ3) is 4.76. The van der Waals surface area contributed by atoms with Crippen LogP contribution in [0.15, 0.2) is 71.5 Å². The van der Waals surface area contributed by atoms with E-state index in [1.807, 2.05) is 42.5 Å². The second kappa shape index (κ2) is 8.97. The summed E-state index contributed by atoms with van der Waals surface area (Å²) in [5, 5.41) is 0.531. The van der Waals surface area contributed by atoms with Crippen LogP contribution in [0.5, 0.6) is 0 Å². The van der Waals surface area contributed by atoms with Gasteiger partial charge in [0.05, 0.1) is 0 Å². The first kappa shape index (κ1) is 20.0. The molecule has 0 spiro atoms. The summed E-state index contributed by atoms with van der Waals surface area (Å²) in [7, 11) is -3.30. The van der Waals surface area contributed by atoms with Gasteiger partial charge < -0.3 is 0 Å². The van der Waals surface area contributed by atoms with Crippen molar-refractivity contribution in [1.29, 1.82) is 0 Å². The van der Waals surface area contributed by atoms with Crippen LogP contribution in [-0.4, -0.2) is 27.7 Å². The molecular weight excluding hydrogens is 426 g/mol. The SMILES string of the molecule is CCOP(=O)(OCC)c1ccc(-c2cc(=O)cc(-c3ccccc3)[se]2)cc1. The second-order valence-electron chi connectivity index (χ2n) is 5.77. The Balaban J connectivity index is 1.97. The van der Waals surface area contributed by atoms with Crippen molar-refractivity contribution < 1.29 is 13.6 Å². The van der Waals surface area contributed by atoms with E-state index in [0.29, 0.717) is 18.5 Å². The molecule has 0 unspecified atom stereocenters. The molecule has 0 radical (unpaired) electrons. The van der Waals surface area contributed by atoms with Crippen molar-refractivity contribution in [2.45, 2.75) is 13.8 Å². The first-order valence-electron chi connectivity index (χ1n) is 8.76. The Morgan fingerprint density at radius 2 is 1.33 bits per heavy atom. The van der Waals surface area contributed by atoms with E-state index in [1.54, 1.807) is 38.1 Å². The van der Waals surface area contributed by atoms with E-state index in [4.69, 9.17) is 9.05 Å². The van der Waals surface area contributed by atoms with Crippen molar-refractivity contribution in [2.75, 3.05) is 13.2 Å². The monoisotopic (exact) mass is 448 g/mol. The van der Waals surface area contributed by atoms with Gasteiger partial charge in [0.1, 0.15) is 0 Å². The van der Waals surface area contributed by atoms with Crippen LogP contribution in [0.1, 0.15) is 13.8 Å². The van der Waals surface area contributed by atoms with Gasteiger partial charge in [0.15, 0.2) is 0 Å². The second-order valence-corrected chi connectivity index (χ2v) is 10.1. The van der Waals surface area contributed by atoms with Gasteiger partial charge in [-0.15, -0.1) is 0 Å². The molecule has 6 heteroatoms. The summed E-state index contributed by atoms with van der Waals surface area (Å²) in [6.45, 7) is 4.21. The normalized spacial score (nSPS) is 11.5. The first-order valence-corrected chi connectivity index (χ1v) is 12.0. The van der Waals surface area contributed by atoms with Crippen LogP contribution >= 0.6 is 7.60 Å². The van der Waals surface area contributed by atoms with Crippen molar-refractivity contribution in [3.8, 4) is 20.0 Å². The molecule has 4 nitrogen and oxygen atoms in total. The van der Waals surface area contributed by atoms with Gasteiger partial charge in [0.2, 0.25) is 0 Å². The summed E-state index contributed by atoms with van der Waals surface area (Å²) in [4.78, 5) is 12.2. The summed E-state index contributed by atoms with van der Waals surface area (Å²) in [6, 6.07) is 20.7. The summed E-state index contributed by atoms with van der Waals surface area (Å²) < 4.78 is 25.7. The number of rotatable bonds is 7. The first-order chi connectivity index (χ1) is 13.1. The van der Waals surface area contributed by atoms with Gasteiger partial charge in [-0.05, 0) is 0 Å². The van der Waals surface area contributed by atoms with E-state index in [-0.39, 0.29) is 19.9 Å². The Morgan fingerprint density at radius 3 is 1.85 bits per heavy atom. The fraction of sp³-hybridized carbons (Fsp3) is 0.190. The summed E-state index contributed by atoms with van der Waals surface area (Å²) in [5.74, 6) is 0. The van der Waals surface area contributed by atoms with Gasteiger partial charge in [-0.2, -0.15) is 0 Å². The molecule has 0 saturated heterocycles. The molecule has 0 aliphatic heterocycles. The zero-order valence-corrected chi connectivity index (χ0v) is 17.9. The van der Waals surface area contributed by atoms with Crippen molar-refractivity contribution in [1.82, 2.24) is 0 Å². The molecule has 0 aliphatic rings. The minimum atomic E-state index is -3.30. The van der Waals surface area contributed by atoms with Crippen LogP contribution in [0.25, 0.3) is 20.0 Å². The molecule has 27 heavy (non-hydrogen) atoms. The molecule has 140 valence electrons. The van der Waals surface area contributed by atoms with Crippen molar-refractivity contribution in [3.63, 3.8) is 0 Å². The molecule has 2 aromatic carbocycles. The third-order valence-corrected chi connectivity index (χ3v) is 8.42. The molecule has 0 saturated carbocycles. The van der Waals surface area contributed by atoms with Gasteiger partial charge in [-0.3, -0.25) is 0 Å². The number of hydrogen-bond donors (Lipinski definition) is 0. The van der Waals surface area contributed by atoms with E-state index in [1.165, 1.54) is 0 Å². The standard InChI is InChI=1S/C21H21O4PSe/c1-3-24-26(23,25-4-2)19-12-10-17(11-13-19)21-15-18(22)14-20(27-21)16-8-6-5-7-9-16/h5-15H,3-4H2,1-2H3. The molecule has 3 aromatic rings. The summed E-state index contributed by atoms with van der Waals surface area (Å²) in [6.07, 6.45) is 0. The van der Waals surface area contributed by atoms with Crippen LogP contribution in [-0.2, 0) is 13.6 Å². The van der Waals surface area contributed by atoms with Crippen LogP contribution in [0.4, 0.5) is 0 Å². The Morgan fingerprint density at radius 1 is 0.815 bits per heavy atom. The average molecular weight is 447 g/mol. The molecule has 0 fully saturated rings. The van der Waals surface area contributed by atoms with E-state index < -0.39 is 7.60 Å². The predicted octanol–water partition coefficient (Wildman–Crippen LogP) is 4.33. The molecule has 0 aliphatic carbocycles. The molecule has 3 rings (SSSR count). The third-order valence-electron chi connectivity index (χ3n) is 3.89. The molecular formula is C21H21O4PSe. The fourth-order valence-electron chi connectivity index (χ4n) is 2.70. The van der Waals surface area contributed by atoms with Gasteiger partial charge in [-0.1, -0.05) is 0 Å². The van der Waals surface area contributed by atoms with Crippen LogP contribution < -0.4 is 10.7 Å². The van der Waals surface area contributed by atoms with Gasteiger partial charge in [0.25, 0.3) is 0 Å². The average Bonchev–Trinajstić information content (AvgIpc) is 2.69. The number of benzene rings is 2. The minimum absolute atomic E-state index is 0.00430. The van der Waals surface area contributed by atoms with Gasteiger partial charge in [0, 0.05) is 0 Å². The maximum atomic E-state index is 12.9. The van der Waals surface area contributed by atoms with Crippen LogP contribution in [0.3, 0.4) is 0 Å². The Kier molecular flexibility index (Phi) is 6.64. The maximum absolute atomic E-state index is 12.9. The summed E-state index contributed by atoms with van der Waals surface area (Å²) >= 11 is 0.0142. The Bertz CT molecular complexity index is 987. The molecule has 0 amide bonds. The topological polar surface area (TPSA) is 52.6 Å². The van der Waals surface area contributed by atoms with Crippen LogP contribution in [0.2, 0.25) is 0 Å². The van der Waals surface area contributed by atoms with E-state index in [9.17, 15) is 9.36 Å². The number of hydrogen-bond acceptors (Lipinski definition) is 4. The van der Waals surface area contributed by atoms with Gasteiger partial charge in [-0.25, -0.2) is 0 Å². The van der Waals surface area contributed by atoms with Crippen molar-refractivity contribution in [2.24, 2.45) is 0 Å². The zero-order valence-electron chi connectivity index (χ0n) is 15.3. The summed E-state index contributed by atoms with van der Waals surface area (Å²) in [5.41, 5.74) is 2.02. The molecule has 0 N–H and O–H groups in total. The predicted molar refractivity (Wildman–Crippen MR) is 111 cm³/mol. The quantitative estimate of drug-likeness (QED) is 0.400. The van der Waals surface area contributed by atoms with Crippen molar-refractivity contribution in [3.05, 3.63) is 77.0 Å². The van der Waals surface area contributed by atoms with Crippen molar-refractivity contribution >= 4 is 27.4 Å². The van der Waals surface area contributed by atoms with E-state index in [0.717, 1.165) is 20.0 Å². The molecule has 1 aromatic heterocycles. The van der Waals surface area contributed by atoms with E-state index >= 15 is 0 Å². The zero-order chi connectivity index (χ0) is 19.3. The van der Waals surface area contributed by atoms with Gasteiger partial charge >= 0.3 is 165 Å².